The maximum absolute atomic E-state index is 13.6. The largest absolute Gasteiger partial charge is 0.496 e. The lowest BCUT2D eigenvalue weighted by Gasteiger charge is -2.24. The molecule has 1 aliphatic rings. The molecule has 1 atom stereocenters. The second-order valence-electron chi connectivity index (χ2n) is 5.30. The van der Waals surface area contributed by atoms with E-state index < -0.39 is 23.3 Å². The van der Waals surface area contributed by atoms with Gasteiger partial charge in [-0.2, -0.15) is 0 Å². The van der Waals surface area contributed by atoms with Crippen molar-refractivity contribution in [3.63, 3.8) is 0 Å². The molecule has 23 heavy (non-hydrogen) atoms. The Morgan fingerprint density at radius 3 is 2.74 bits per heavy atom. The molecule has 0 spiro atoms. The smallest absolute Gasteiger partial charge is 0.265 e. The van der Waals surface area contributed by atoms with Gasteiger partial charge in [-0.25, -0.2) is 9.37 Å². The van der Waals surface area contributed by atoms with E-state index in [-0.39, 0.29) is 41.2 Å². The van der Waals surface area contributed by atoms with Gasteiger partial charge in [0.1, 0.15) is 28.8 Å². The Bertz CT molecular complexity index is 890. The molecule has 7 nitrogen and oxygen atoms in total. The lowest BCUT2D eigenvalue weighted by atomic mass is 10.1. The summed E-state index contributed by atoms with van der Waals surface area (Å²) in [5.74, 6) is -1.17. The van der Waals surface area contributed by atoms with Gasteiger partial charge in [-0.3, -0.25) is 24.3 Å². The van der Waals surface area contributed by atoms with Crippen molar-refractivity contribution < 1.29 is 18.7 Å². The first-order valence-electron chi connectivity index (χ1n) is 7.02. The molecule has 0 unspecified atom stereocenters. The van der Waals surface area contributed by atoms with E-state index in [1.54, 1.807) is 6.92 Å². The summed E-state index contributed by atoms with van der Waals surface area (Å²) in [6.07, 6.45) is 0.350. The number of nitrogens with one attached hydrogen (secondary N) is 1. The minimum absolute atomic E-state index is 0.0542. The van der Waals surface area contributed by atoms with Gasteiger partial charge in [0.25, 0.3) is 5.56 Å². The Labute approximate surface area is 130 Å². The van der Waals surface area contributed by atoms with Crippen molar-refractivity contribution >= 4 is 22.7 Å². The van der Waals surface area contributed by atoms with E-state index >= 15 is 0 Å². The standard InChI is InChI=1S/C15H14FN3O4/c1-7-17-9-5-8(16)6-11(23-2)13(9)15(22)19(7)10-3-4-12(20)18-14(10)21/h5-6,10H,3-4H2,1-2H3,(H,18,20,21)/t10-/m0/s1. The van der Waals surface area contributed by atoms with Crippen LogP contribution in [0, 0.1) is 12.7 Å². The van der Waals surface area contributed by atoms with Crippen molar-refractivity contribution in [3.05, 3.63) is 34.1 Å². The molecule has 1 saturated heterocycles. The number of halogens is 1. The Morgan fingerprint density at radius 1 is 1.35 bits per heavy atom. The Morgan fingerprint density at radius 2 is 2.09 bits per heavy atom. The van der Waals surface area contributed by atoms with Crippen LogP contribution in [-0.2, 0) is 9.59 Å². The number of amides is 2. The second kappa shape index (κ2) is 5.45. The predicted octanol–water partition coefficient (Wildman–Crippen LogP) is 0.830. The maximum atomic E-state index is 13.6. The second-order valence-corrected chi connectivity index (χ2v) is 5.30. The third kappa shape index (κ3) is 2.45. The van der Waals surface area contributed by atoms with Gasteiger partial charge in [0, 0.05) is 18.6 Å². The molecule has 1 fully saturated rings. The molecule has 1 aromatic carbocycles. The van der Waals surface area contributed by atoms with E-state index in [1.165, 1.54) is 11.7 Å². The van der Waals surface area contributed by atoms with Crippen LogP contribution in [0.25, 0.3) is 10.9 Å². The lowest BCUT2D eigenvalue weighted by Crippen LogP contribution is -2.45. The molecule has 1 aromatic heterocycles. The number of rotatable bonds is 2. The zero-order valence-electron chi connectivity index (χ0n) is 12.6. The summed E-state index contributed by atoms with van der Waals surface area (Å²) in [5, 5.41) is 2.31. The molecule has 2 aromatic rings. The van der Waals surface area contributed by atoms with Crippen molar-refractivity contribution in [1.82, 2.24) is 14.9 Å². The van der Waals surface area contributed by atoms with Gasteiger partial charge >= 0.3 is 0 Å². The van der Waals surface area contributed by atoms with Crippen LogP contribution in [0.2, 0.25) is 0 Å². The number of hydrogen-bond donors (Lipinski definition) is 1. The zero-order chi connectivity index (χ0) is 16.7. The highest BCUT2D eigenvalue weighted by atomic mass is 19.1. The van der Waals surface area contributed by atoms with Crippen molar-refractivity contribution in [3.8, 4) is 5.75 Å². The average molecular weight is 319 g/mol. The fourth-order valence-corrected chi connectivity index (χ4v) is 2.82. The lowest BCUT2D eigenvalue weighted by molar-refractivity contribution is -0.135. The molecule has 1 N–H and O–H groups in total. The van der Waals surface area contributed by atoms with Gasteiger partial charge in [0.15, 0.2) is 0 Å². The quantitative estimate of drug-likeness (QED) is 0.828. The third-order valence-electron chi connectivity index (χ3n) is 3.85. The van der Waals surface area contributed by atoms with Crippen LogP contribution < -0.4 is 15.6 Å². The van der Waals surface area contributed by atoms with Crippen molar-refractivity contribution in [2.75, 3.05) is 7.11 Å². The molecular weight excluding hydrogens is 305 g/mol. The molecule has 3 rings (SSSR count). The summed E-state index contributed by atoms with van der Waals surface area (Å²) < 4.78 is 19.9. The van der Waals surface area contributed by atoms with Crippen LogP contribution in [0.4, 0.5) is 4.39 Å². The SMILES string of the molecule is COc1cc(F)cc2nc(C)n([C@H]3CCC(=O)NC3=O)c(=O)c12. The minimum Gasteiger partial charge on any atom is -0.496 e. The first-order chi connectivity index (χ1) is 10.9. The van der Waals surface area contributed by atoms with Crippen LogP contribution in [0.5, 0.6) is 5.75 Å². The number of fused-ring (bicyclic) bond motifs is 1. The van der Waals surface area contributed by atoms with Gasteiger partial charge < -0.3 is 4.74 Å². The van der Waals surface area contributed by atoms with Crippen molar-refractivity contribution in [2.24, 2.45) is 0 Å². The highest BCUT2D eigenvalue weighted by molar-refractivity contribution is 5.99. The topological polar surface area (TPSA) is 90.3 Å². The Hall–Kier alpha value is -2.77. The molecule has 120 valence electrons. The number of benzene rings is 1. The number of aromatic nitrogens is 2. The van der Waals surface area contributed by atoms with Crippen LogP contribution in [0.3, 0.4) is 0 Å². The van der Waals surface area contributed by atoms with Gasteiger partial charge in [-0.15, -0.1) is 0 Å². The van der Waals surface area contributed by atoms with Crippen LogP contribution in [0.15, 0.2) is 16.9 Å². The summed E-state index contributed by atoms with van der Waals surface area (Å²) in [4.78, 5) is 40.4. The molecule has 0 aliphatic carbocycles. The Kier molecular flexibility index (Phi) is 3.59. The summed E-state index contributed by atoms with van der Waals surface area (Å²) in [7, 11) is 1.32. The summed E-state index contributed by atoms with van der Waals surface area (Å²) in [5.41, 5.74) is -0.341. The number of carbonyl (C=O) groups excluding carboxylic acids is 2. The Balaban J connectivity index is 2.26. The van der Waals surface area contributed by atoms with Gasteiger partial charge in [-0.1, -0.05) is 0 Å². The van der Waals surface area contributed by atoms with Gasteiger partial charge in [0.05, 0.1) is 12.6 Å². The van der Waals surface area contributed by atoms with Gasteiger partial charge in [-0.05, 0) is 13.3 Å². The van der Waals surface area contributed by atoms with Crippen LogP contribution in [0.1, 0.15) is 24.7 Å². The third-order valence-corrected chi connectivity index (χ3v) is 3.85. The van der Waals surface area contributed by atoms with E-state index in [0.717, 1.165) is 12.1 Å². The number of ether oxygens (including phenoxy) is 1. The monoisotopic (exact) mass is 319 g/mol. The number of imide groups is 1. The van der Waals surface area contributed by atoms with Crippen molar-refractivity contribution in [1.29, 1.82) is 0 Å². The molecular formula is C15H14FN3O4. The number of hydrogen-bond acceptors (Lipinski definition) is 5. The first-order valence-corrected chi connectivity index (χ1v) is 7.02. The fourth-order valence-electron chi connectivity index (χ4n) is 2.82. The molecule has 1 aliphatic heterocycles. The van der Waals surface area contributed by atoms with E-state index in [9.17, 15) is 18.8 Å². The highest BCUT2D eigenvalue weighted by Crippen LogP contribution is 2.25. The molecule has 2 heterocycles. The van der Waals surface area contributed by atoms with E-state index in [0.29, 0.717) is 0 Å². The molecule has 0 radical (unpaired) electrons. The van der Waals surface area contributed by atoms with E-state index in [4.69, 9.17) is 4.74 Å². The van der Waals surface area contributed by atoms with Crippen LogP contribution in [-0.4, -0.2) is 28.5 Å². The summed E-state index contributed by atoms with van der Waals surface area (Å²) in [6, 6.07) is 1.41. The fraction of sp³-hybridized carbons (Fsp3) is 0.333. The highest BCUT2D eigenvalue weighted by Gasteiger charge is 2.31. The summed E-state index contributed by atoms with van der Waals surface area (Å²) >= 11 is 0. The first kappa shape index (κ1) is 15.1. The number of carbonyl (C=O) groups is 2. The number of nitrogens with zero attached hydrogens (tertiary/aromatic N) is 2. The summed E-state index contributed by atoms with van der Waals surface area (Å²) in [6.45, 7) is 1.56. The number of piperidine rings is 1. The van der Waals surface area contributed by atoms with E-state index in [2.05, 4.69) is 10.3 Å². The van der Waals surface area contributed by atoms with Crippen molar-refractivity contribution in [2.45, 2.75) is 25.8 Å². The number of aryl methyl sites for hydroxylation is 1. The van der Waals surface area contributed by atoms with Gasteiger partial charge in [0.2, 0.25) is 11.8 Å². The minimum atomic E-state index is -0.827. The van der Waals surface area contributed by atoms with Crippen LogP contribution >= 0.6 is 0 Å². The predicted molar refractivity (Wildman–Crippen MR) is 78.7 cm³/mol. The molecule has 0 saturated carbocycles. The normalized spacial score (nSPS) is 18.1. The average Bonchev–Trinajstić information content (AvgIpc) is 2.47. The zero-order valence-corrected chi connectivity index (χ0v) is 12.6. The number of methoxy groups -OCH3 is 1. The molecule has 8 heteroatoms. The molecule has 0 bridgehead atoms. The maximum Gasteiger partial charge on any atom is 0.265 e. The van der Waals surface area contributed by atoms with E-state index in [1.807, 2.05) is 0 Å². The molecule has 2 amide bonds.